The van der Waals surface area contributed by atoms with Gasteiger partial charge in [0.25, 0.3) is 0 Å². The van der Waals surface area contributed by atoms with Crippen LogP contribution in [0.5, 0.6) is 0 Å². The van der Waals surface area contributed by atoms with Crippen molar-refractivity contribution in [3.05, 3.63) is 28.7 Å². The quantitative estimate of drug-likeness (QED) is 0.781. The molecule has 0 radical (unpaired) electrons. The Morgan fingerprint density at radius 3 is 2.85 bits per heavy atom. The number of benzene rings is 1. The number of aliphatic hydroxyl groups excluding tert-OH is 1. The van der Waals surface area contributed by atoms with E-state index in [1.165, 1.54) is 5.69 Å². The van der Waals surface area contributed by atoms with Crippen LogP contribution in [0.15, 0.2) is 28.7 Å². The average Bonchev–Trinajstić information content (AvgIpc) is 2.87. The first-order valence-corrected chi connectivity index (χ1v) is 7.56. The highest BCUT2D eigenvalue weighted by Gasteiger charge is 2.24. The van der Waals surface area contributed by atoms with Crippen LogP contribution in [0.2, 0.25) is 0 Å². The number of carbonyl (C=O) groups is 1. The van der Waals surface area contributed by atoms with E-state index >= 15 is 0 Å². The second kappa shape index (κ2) is 6.95. The zero-order chi connectivity index (χ0) is 14.5. The molecule has 6 heteroatoms. The summed E-state index contributed by atoms with van der Waals surface area (Å²) in [5, 5.41) is 14.5. The number of anilines is 1. The molecule has 2 amide bonds. The van der Waals surface area contributed by atoms with Gasteiger partial charge in [-0.15, -0.1) is 0 Å². The van der Waals surface area contributed by atoms with E-state index in [1.807, 2.05) is 12.1 Å². The topological polar surface area (TPSA) is 64.6 Å². The van der Waals surface area contributed by atoms with E-state index < -0.39 is 0 Å². The molecular weight excluding hydrogens is 322 g/mol. The van der Waals surface area contributed by atoms with E-state index in [4.69, 9.17) is 5.11 Å². The van der Waals surface area contributed by atoms with Crippen molar-refractivity contribution in [2.24, 2.45) is 0 Å². The highest BCUT2D eigenvalue weighted by atomic mass is 79.9. The zero-order valence-electron chi connectivity index (χ0n) is 11.5. The van der Waals surface area contributed by atoms with Crippen LogP contribution in [0.3, 0.4) is 0 Å². The molecular formula is C14H20BrN3O2. The van der Waals surface area contributed by atoms with Crippen LogP contribution in [-0.4, -0.2) is 42.9 Å². The fourth-order valence-corrected chi connectivity index (χ4v) is 2.53. The van der Waals surface area contributed by atoms with Crippen molar-refractivity contribution in [3.63, 3.8) is 0 Å². The van der Waals surface area contributed by atoms with Crippen LogP contribution in [0.1, 0.15) is 13.3 Å². The van der Waals surface area contributed by atoms with Gasteiger partial charge in [0.15, 0.2) is 0 Å². The number of hydrogen-bond donors (Lipinski definition) is 3. The van der Waals surface area contributed by atoms with Gasteiger partial charge < -0.3 is 20.6 Å². The molecule has 110 valence electrons. The monoisotopic (exact) mass is 341 g/mol. The van der Waals surface area contributed by atoms with E-state index in [9.17, 15) is 4.79 Å². The Labute approximate surface area is 127 Å². The molecule has 1 fully saturated rings. The molecule has 0 aliphatic carbocycles. The summed E-state index contributed by atoms with van der Waals surface area (Å²) in [5.74, 6) is 0. The lowest BCUT2D eigenvalue weighted by molar-refractivity contribution is 0.218. The molecule has 1 aliphatic heterocycles. The van der Waals surface area contributed by atoms with Crippen molar-refractivity contribution in [3.8, 4) is 0 Å². The minimum atomic E-state index is -0.223. The molecule has 2 unspecified atom stereocenters. The van der Waals surface area contributed by atoms with Gasteiger partial charge in [-0.1, -0.05) is 15.9 Å². The van der Waals surface area contributed by atoms with Gasteiger partial charge in [0.05, 0.1) is 12.6 Å². The number of amides is 2. The van der Waals surface area contributed by atoms with Crippen LogP contribution in [-0.2, 0) is 0 Å². The molecule has 1 heterocycles. The van der Waals surface area contributed by atoms with E-state index in [0.29, 0.717) is 0 Å². The normalized spacial score (nSPS) is 19.8. The molecule has 0 spiro atoms. The summed E-state index contributed by atoms with van der Waals surface area (Å²) >= 11 is 3.42. The molecule has 5 nitrogen and oxygen atoms in total. The number of nitrogens with one attached hydrogen (secondary N) is 2. The number of aliphatic hydroxyl groups is 1. The number of hydrogen-bond acceptors (Lipinski definition) is 3. The summed E-state index contributed by atoms with van der Waals surface area (Å²) < 4.78 is 1.06. The summed E-state index contributed by atoms with van der Waals surface area (Å²) in [6.07, 6.45) is 0.928. The fourth-order valence-electron chi connectivity index (χ4n) is 2.26. The molecule has 0 bridgehead atoms. The number of carbonyl (C=O) groups excluding carboxylic acids is 1. The van der Waals surface area contributed by atoms with E-state index in [2.05, 4.69) is 43.6 Å². The van der Waals surface area contributed by atoms with Gasteiger partial charge >= 0.3 is 6.03 Å². The maximum atomic E-state index is 11.7. The molecule has 0 saturated carbocycles. The Morgan fingerprint density at radius 1 is 1.50 bits per heavy atom. The first-order chi connectivity index (χ1) is 9.58. The molecule has 1 saturated heterocycles. The third kappa shape index (κ3) is 4.11. The van der Waals surface area contributed by atoms with Crippen LogP contribution < -0.4 is 15.5 Å². The Kier molecular flexibility index (Phi) is 5.25. The second-order valence-corrected chi connectivity index (χ2v) is 6.03. The highest BCUT2D eigenvalue weighted by molar-refractivity contribution is 9.10. The van der Waals surface area contributed by atoms with Crippen LogP contribution in [0, 0.1) is 0 Å². The van der Waals surface area contributed by atoms with Crippen LogP contribution in [0.4, 0.5) is 10.5 Å². The lowest BCUT2D eigenvalue weighted by Crippen LogP contribution is -2.47. The molecule has 1 aliphatic rings. The van der Waals surface area contributed by atoms with E-state index in [1.54, 1.807) is 6.92 Å². The van der Waals surface area contributed by atoms with Gasteiger partial charge in [-0.3, -0.25) is 0 Å². The van der Waals surface area contributed by atoms with Crippen molar-refractivity contribution >= 4 is 27.6 Å². The number of nitrogens with zero attached hydrogens (tertiary/aromatic N) is 1. The van der Waals surface area contributed by atoms with Gasteiger partial charge in [-0.05, 0) is 37.6 Å². The Bertz CT molecular complexity index is 452. The third-order valence-corrected chi connectivity index (χ3v) is 3.90. The molecule has 2 atom stereocenters. The second-order valence-electron chi connectivity index (χ2n) is 5.11. The Hall–Kier alpha value is -1.27. The summed E-state index contributed by atoms with van der Waals surface area (Å²) in [5.41, 5.74) is 1.17. The summed E-state index contributed by atoms with van der Waals surface area (Å²) in [4.78, 5) is 14.0. The molecule has 2 rings (SSSR count). The summed E-state index contributed by atoms with van der Waals surface area (Å²) in [6, 6.07) is 7.88. The van der Waals surface area contributed by atoms with Gasteiger partial charge in [0.1, 0.15) is 0 Å². The van der Waals surface area contributed by atoms with Crippen molar-refractivity contribution in [2.75, 3.05) is 24.6 Å². The molecule has 20 heavy (non-hydrogen) atoms. The molecule has 1 aromatic carbocycles. The highest BCUT2D eigenvalue weighted by Crippen LogP contribution is 2.22. The SMILES string of the molecule is CC(CO)NC(=O)NC1CCN(c2ccc(Br)cc2)C1. The number of rotatable bonds is 4. The average molecular weight is 342 g/mol. The van der Waals surface area contributed by atoms with Crippen LogP contribution in [0.25, 0.3) is 0 Å². The third-order valence-electron chi connectivity index (χ3n) is 3.37. The maximum Gasteiger partial charge on any atom is 0.315 e. The maximum absolute atomic E-state index is 11.7. The van der Waals surface area contributed by atoms with Crippen molar-refractivity contribution in [2.45, 2.75) is 25.4 Å². The van der Waals surface area contributed by atoms with Gasteiger partial charge in [0, 0.05) is 29.3 Å². The molecule has 1 aromatic rings. The van der Waals surface area contributed by atoms with Crippen molar-refractivity contribution < 1.29 is 9.90 Å². The Morgan fingerprint density at radius 2 is 2.20 bits per heavy atom. The smallest absolute Gasteiger partial charge is 0.315 e. The minimum absolute atomic E-state index is 0.0525. The predicted molar refractivity (Wildman–Crippen MR) is 83.0 cm³/mol. The first kappa shape index (κ1) is 15.1. The van der Waals surface area contributed by atoms with Crippen molar-refractivity contribution in [1.29, 1.82) is 0 Å². The summed E-state index contributed by atoms with van der Waals surface area (Å²) in [6.45, 7) is 3.45. The van der Waals surface area contributed by atoms with E-state index in [-0.39, 0.29) is 24.7 Å². The standard InChI is InChI=1S/C14H20BrN3O2/c1-10(9-19)16-14(20)17-12-6-7-18(8-12)13-4-2-11(15)3-5-13/h2-5,10,12,19H,6-9H2,1H3,(H2,16,17,20). The number of urea groups is 1. The van der Waals surface area contributed by atoms with E-state index in [0.717, 1.165) is 24.0 Å². The zero-order valence-corrected chi connectivity index (χ0v) is 13.1. The van der Waals surface area contributed by atoms with Gasteiger partial charge in [0.2, 0.25) is 0 Å². The van der Waals surface area contributed by atoms with Gasteiger partial charge in [-0.25, -0.2) is 4.79 Å². The lowest BCUT2D eigenvalue weighted by atomic mass is 10.2. The number of halogens is 1. The largest absolute Gasteiger partial charge is 0.394 e. The predicted octanol–water partition coefficient (Wildman–Crippen LogP) is 1.71. The first-order valence-electron chi connectivity index (χ1n) is 6.77. The fraction of sp³-hybridized carbons (Fsp3) is 0.500. The van der Waals surface area contributed by atoms with Crippen LogP contribution >= 0.6 is 15.9 Å². The van der Waals surface area contributed by atoms with Gasteiger partial charge in [-0.2, -0.15) is 0 Å². The molecule has 0 aromatic heterocycles. The molecule has 3 N–H and O–H groups in total. The Balaban J connectivity index is 1.83. The van der Waals surface area contributed by atoms with Crippen molar-refractivity contribution in [1.82, 2.24) is 10.6 Å². The lowest BCUT2D eigenvalue weighted by Gasteiger charge is -2.20. The minimum Gasteiger partial charge on any atom is -0.394 e. The summed E-state index contributed by atoms with van der Waals surface area (Å²) in [7, 11) is 0.